The molecule has 0 saturated carbocycles. The average Bonchev–Trinajstić information content (AvgIpc) is 2.49. The fourth-order valence-corrected chi connectivity index (χ4v) is 3.82. The van der Waals surface area contributed by atoms with E-state index in [1.54, 1.807) is 12.1 Å². The molecule has 0 bridgehead atoms. The van der Waals surface area contributed by atoms with Crippen molar-refractivity contribution in [1.29, 1.82) is 0 Å². The molecule has 24 heavy (non-hydrogen) atoms. The minimum absolute atomic E-state index is 0.150. The molecule has 0 atom stereocenters. The number of aromatic nitrogens is 1. The lowest BCUT2D eigenvalue weighted by Crippen LogP contribution is -2.11. The van der Waals surface area contributed by atoms with Gasteiger partial charge in [-0.3, -0.25) is 4.79 Å². The summed E-state index contributed by atoms with van der Waals surface area (Å²) in [5.41, 5.74) is 3.39. The van der Waals surface area contributed by atoms with E-state index in [1.165, 1.54) is 12.1 Å². The Balaban J connectivity index is 2.24. The third-order valence-electron chi connectivity index (χ3n) is 3.86. The van der Waals surface area contributed by atoms with E-state index in [2.05, 4.69) is 4.98 Å². The molecular formula is C19H16FNO2S. The number of benzene rings is 2. The van der Waals surface area contributed by atoms with Crippen LogP contribution < -0.4 is 5.56 Å². The van der Waals surface area contributed by atoms with E-state index in [9.17, 15) is 14.3 Å². The van der Waals surface area contributed by atoms with Gasteiger partial charge < -0.3 is 5.11 Å². The molecule has 2 aromatic carbocycles. The predicted octanol–water partition coefficient (Wildman–Crippen LogP) is 4.61. The van der Waals surface area contributed by atoms with Gasteiger partial charge in [-0.1, -0.05) is 41.2 Å². The summed E-state index contributed by atoms with van der Waals surface area (Å²) in [5, 5.41) is 10.5. The number of aromatic hydroxyl groups is 1. The van der Waals surface area contributed by atoms with Crippen LogP contribution >= 0.6 is 11.3 Å². The third kappa shape index (κ3) is 2.83. The molecule has 1 heterocycles. The number of hydrogen-bond acceptors (Lipinski definition) is 4. The van der Waals surface area contributed by atoms with E-state index in [1.807, 2.05) is 32.9 Å². The first kappa shape index (κ1) is 16.3. The summed E-state index contributed by atoms with van der Waals surface area (Å²) in [6.07, 6.45) is 0. The van der Waals surface area contributed by atoms with Crippen LogP contribution in [0.5, 0.6) is 5.06 Å². The van der Waals surface area contributed by atoms with E-state index in [0.717, 1.165) is 28.0 Å². The van der Waals surface area contributed by atoms with Crippen LogP contribution in [0.4, 0.5) is 4.39 Å². The Morgan fingerprint density at radius 2 is 1.67 bits per heavy atom. The lowest BCUT2D eigenvalue weighted by molar-refractivity contribution is 0.491. The summed E-state index contributed by atoms with van der Waals surface area (Å²) in [6.45, 7) is 5.76. The first-order chi connectivity index (χ1) is 11.4. The van der Waals surface area contributed by atoms with Crippen LogP contribution in [0.15, 0.2) is 41.2 Å². The van der Waals surface area contributed by atoms with Gasteiger partial charge >= 0.3 is 0 Å². The highest BCUT2D eigenvalue weighted by molar-refractivity contribution is 7.16. The topological polar surface area (TPSA) is 50.2 Å². The molecule has 5 heteroatoms. The quantitative estimate of drug-likeness (QED) is 0.741. The second-order valence-corrected chi connectivity index (χ2v) is 6.74. The van der Waals surface area contributed by atoms with Gasteiger partial charge in [-0.25, -0.2) is 4.39 Å². The Kier molecular flexibility index (Phi) is 4.20. The van der Waals surface area contributed by atoms with Crippen molar-refractivity contribution in [2.24, 2.45) is 0 Å². The molecule has 0 aliphatic carbocycles. The van der Waals surface area contributed by atoms with Crippen molar-refractivity contribution >= 4 is 11.3 Å². The smallest absolute Gasteiger partial charge is 0.283 e. The van der Waals surface area contributed by atoms with E-state index in [-0.39, 0.29) is 21.2 Å². The van der Waals surface area contributed by atoms with Gasteiger partial charge in [0.1, 0.15) is 16.4 Å². The van der Waals surface area contributed by atoms with Crippen molar-refractivity contribution in [2.45, 2.75) is 20.8 Å². The zero-order chi connectivity index (χ0) is 17.4. The molecule has 0 aliphatic heterocycles. The molecule has 1 aromatic heterocycles. The highest BCUT2D eigenvalue weighted by Crippen LogP contribution is 2.37. The lowest BCUT2D eigenvalue weighted by atomic mass is 9.95. The number of nitrogens with zero attached hydrogens (tertiary/aromatic N) is 1. The molecule has 122 valence electrons. The zero-order valence-corrected chi connectivity index (χ0v) is 14.4. The van der Waals surface area contributed by atoms with Gasteiger partial charge in [0, 0.05) is 5.56 Å². The largest absolute Gasteiger partial charge is 0.499 e. The third-order valence-corrected chi connectivity index (χ3v) is 4.76. The fraction of sp³-hybridized carbons (Fsp3) is 0.158. The first-order valence-corrected chi connectivity index (χ1v) is 8.27. The van der Waals surface area contributed by atoms with Gasteiger partial charge in [0.15, 0.2) is 5.06 Å². The fourth-order valence-electron chi connectivity index (χ4n) is 2.94. The van der Waals surface area contributed by atoms with E-state index in [0.29, 0.717) is 5.56 Å². The molecule has 3 aromatic rings. The molecule has 0 aliphatic rings. The van der Waals surface area contributed by atoms with Gasteiger partial charge in [-0.05, 0) is 49.6 Å². The highest BCUT2D eigenvalue weighted by atomic mass is 32.1. The molecule has 1 N–H and O–H groups in total. The molecule has 0 spiro atoms. The van der Waals surface area contributed by atoms with Crippen LogP contribution in [0.1, 0.15) is 16.7 Å². The van der Waals surface area contributed by atoms with Crippen LogP contribution in [0, 0.1) is 26.6 Å². The molecule has 0 unspecified atom stereocenters. The minimum Gasteiger partial charge on any atom is -0.499 e. The summed E-state index contributed by atoms with van der Waals surface area (Å²) < 4.78 is 13.9. The number of aryl methyl sites for hydroxylation is 3. The molecule has 0 amide bonds. The number of halogens is 1. The van der Waals surface area contributed by atoms with E-state index >= 15 is 0 Å². The monoisotopic (exact) mass is 341 g/mol. The summed E-state index contributed by atoms with van der Waals surface area (Å²) >= 11 is 0.906. The second-order valence-electron chi connectivity index (χ2n) is 5.76. The summed E-state index contributed by atoms with van der Waals surface area (Å²) in [6, 6.07) is 9.97. The van der Waals surface area contributed by atoms with Crippen molar-refractivity contribution in [3.05, 3.63) is 69.3 Å². The zero-order valence-electron chi connectivity index (χ0n) is 13.6. The molecule has 0 radical (unpaired) electrons. The second kappa shape index (κ2) is 6.17. The van der Waals surface area contributed by atoms with Gasteiger partial charge in [-0.15, -0.1) is 0 Å². The van der Waals surface area contributed by atoms with Crippen molar-refractivity contribution in [3.63, 3.8) is 0 Å². The maximum atomic E-state index is 13.9. The molecule has 0 saturated heterocycles. The molecule has 3 rings (SSSR count). The van der Waals surface area contributed by atoms with Crippen molar-refractivity contribution in [3.8, 4) is 26.8 Å². The molecule has 3 nitrogen and oxygen atoms in total. The average molecular weight is 341 g/mol. The summed E-state index contributed by atoms with van der Waals surface area (Å²) in [7, 11) is 0. The van der Waals surface area contributed by atoms with Crippen LogP contribution in [0.25, 0.3) is 21.7 Å². The number of hydrogen-bond donors (Lipinski definition) is 1. The Morgan fingerprint density at radius 3 is 2.25 bits per heavy atom. The van der Waals surface area contributed by atoms with Crippen molar-refractivity contribution in [2.75, 3.05) is 0 Å². The van der Waals surface area contributed by atoms with Crippen LogP contribution in [-0.2, 0) is 0 Å². The van der Waals surface area contributed by atoms with E-state index in [4.69, 9.17) is 0 Å². The normalized spacial score (nSPS) is 10.8. The van der Waals surface area contributed by atoms with Gasteiger partial charge in [-0.2, -0.15) is 4.98 Å². The Bertz CT molecular complexity index is 972. The molecule has 0 fully saturated rings. The maximum absolute atomic E-state index is 13.9. The standard InChI is InChI=1S/C19H16FNO2S/c1-10-8-11(2)15(12(3)9-10)16-17(22)21-18(24-19(16)23)13-6-4-5-7-14(13)20/h4-9,23H,1-3H3. The maximum Gasteiger partial charge on any atom is 0.283 e. The highest BCUT2D eigenvalue weighted by Gasteiger charge is 2.19. The summed E-state index contributed by atoms with van der Waals surface area (Å²) in [4.78, 5) is 16.6. The van der Waals surface area contributed by atoms with E-state index < -0.39 is 11.4 Å². The van der Waals surface area contributed by atoms with Gasteiger partial charge in [0.25, 0.3) is 5.56 Å². The number of rotatable bonds is 2. The Morgan fingerprint density at radius 1 is 1.04 bits per heavy atom. The summed E-state index contributed by atoms with van der Waals surface area (Å²) in [5.74, 6) is -0.476. The van der Waals surface area contributed by atoms with Crippen molar-refractivity contribution in [1.82, 2.24) is 4.98 Å². The Labute approximate surface area is 143 Å². The van der Waals surface area contributed by atoms with Gasteiger partial charge in [0.05, 0.1) is 0 Å². The van der Waals surface area contributed by atoms with Crippen molar-refractivity contribution < 1.29 is 9.50 Å². The minimum atomic E-state index is -0.556. The predicted molar refractivity (Wildman–Crippen MR) is 95.1 cm³/mol. The van der Waals surface area contributed by atoms with Crippen LogP contribution in [0.3, 0.4) is 0 Å². The van der Waals surface area contributed by atoms with Gasteiger partial charge in [0.2, 0.25) is 0 Å². The Hall–Kier alpha value is -2.53. The SMILES string of the molecule is Cc1cc(C)c(-c2c(O)sc(-c3ccccc3F)nc2=O)c(C)c1. The van der Waals surface area contributed by atoms with Crippen LogP contribution in [-0.4, -0.2) is 10.1 Å². The van der Waals surface area contributed by atoms with Crippen LogP contribution in [0.2, 0.25) is 0 Å². The molecular weight excluding hydrogens is 325 g/mol. The first-order valence-electron chi connectivity index (χ1n) is 7.45. The lowest BCUT2D eigenvalue weighted by Gasteiger charge is -2.12.